The fourth-order valence-corrected chi connectivity index (χ4v) is 2.17. The van der Waals surface area contributed by atoms with Gasteiger partial charge in [0, 0.05) is 18.8 Å². The Morgan fingerprint density at radius 2 is 1.88 bits per heavy atom. The molecule has 0 amide bonds. The van der Waals surface area contributed by atoms with E-state index < -0.39 is 0 Å². The third-order valence-corrected chi connectivity index (χ3v) is 3.28. The number of anilines is 4. The van der Waals surface area contributed by atoms with Gasteiger partial charge in [-0.1, -0.05) is 6.07 Å². The number of nitrogen functional groups attached to an aromatic ring is 1. The van der Waals surface area contributed by atoms with E-state index in [-0.39, 0.29) is 0 Å². The molecule has 2 heterocycles. The van der Waals surface area contributed by atoms with Crippen LogP contribution in [0.1, 0.15) is 18.5 Å². The number of nitrogens with one attached hydrogen (secondary N) is 1. The molecule has 0 aromatic carbocycles. The number of rotatable bonds is 7. The van der Waals surface area contributed by atoms with Crippen LogP contribution in [-0.2, 0) is 0 Å². The fourth-order valence-electron chi connectivity index (χ4n) is 2.17. The van der Waals surface area contributed by atoms with Crippen molar-refractivity contribution in [2.24, 2.45) is 0 Å². The van der Waals surface area contributed by atoms with Gasteiger partial charge >= 0.3 is 0 Å². The summed E-state index contributed by atoms with van der Waals surface area (Å²) < 4.78 is 0. The summed E-state index contributed by atoms with van der Waals surface area (Å²) in [5.74, 6) is 1.58. The Bertz CT molecular complexity index is 756. The van der Waals surface area contributed by atoms with E-state index in [4.69, 9.17) is 16.3 Å². The Morgan fingerprint density at radius 1 is 1.17 bits per heavy atom. The first-order chi connectivity index (χ1) is 11.7. The minimum atomic E-state index is 0.317. The number of hydrogen-bond donors (Lipinski definition) is 2. The molecule has 0 aliphatic carbocycles. The van der Waals surface area contributed by atoms with Crippen molar-refractivity contribution >= 4 is 23.1 Å². The van der Waals surface area contributed by atoms with Crippen molar-refractivity contribution in [3.05, 3.63) is 30.2 Å². The highest BCUT2D eigenvalue weighted by molar-refractivity contribution is 5.77. The maximum absolute atomic E-state index is 8.81. The van der Waals surface area contributed by atoms with Crippen molar-refractivity contribution < 1.29 is 0 Å². The highest BCUT2D eigenvalue weighted by atomic mass is 15.2. The number of nitrogens with two attached hydrogens (primary N) is 1. The zero-order chi connectivity index (χ0) is 17.4. The van der Waals surface area contributed by atoms with Gasteiger partial charge in [0.1, 0.15) is 17.8 Å². The van der Waals surface area contributed by atoms with Crippen LogP contribution >= 0.6 is 0 Å². The second kappa shape index (κ2) is 8.30. The largest absolute Gasteiger partial charge is 0.393 e. The van der Waals surface area contributed by atoms with Crippen molar-refractivity contribution in [3.8, 4) is 12.1 Å². The van der Waals surface area contributed by atoms with Crippen molar-refractivity contribution in [3.63, 3.8) is 0 Å². The molecule has 0 aliphatic heterocycles. The third kappa shape index (κ3) is 4.31. The normalized spacial score (nSPS) is 9.79. The lowest BCUT2D eigenvalue weighted by atomic mass is 10.3. The summed E-state index contributed by atoms with van der Waals surface area (Å²) in [6.45, 7) is 2.79. The zero-order valence-corrected chi connectivity index (χ0v) is 13.4. The van der Waals surface area contributed by atoms with E-state index >= 15 is 0 Å². The van der Waals surface area contributed by atoms with E-state index in [1.54, 1.807) is 0 Å². The van der Waals surface area contributed by atoms with Crippen molar-refractivity contribution in [2.45, 2.75) is 19.8 Å². The summed E-state index contributed by atoms with van der Waals surface area (Å²) in [6.07, 6.45) is 2.03. The topological polar surface area (TPSA) is 128 Å². The standard InChI is InChI=1S/C16H18N8/c1-12-5-2-6-13(22-12)23-15-14(19)16(21-11-20-15)24(9-3-7-17)10-4-8-18/h2,5-6,11H,3-4,9-10,19H2,1H3,(H,20,21,22,23). The van der Waals surface area contributed by atoms with E-state index in [0.717, 1.165) is 5.69 Å². The smallest absolute Gasteiger partial charge is 0.160 e. The molecule has 0 spiro atoms. The molecule has 0 radical (unpaired) electrons. The predicted octanol–water partition coefficient (Wildman–Crippen LogP) is 2.14. The molecule has 0 fully saturated rings. The van der Waals surface area contributed by atoms with Gasteiger partial charge in [0.15, 0.2) is 11.6 Å². The maximum atomic E-state index is 8.81. The van der Waals surface area contributed by atoms with E-state index in [2.05, 4.69) is 32.4 Å². The van der Waals surface area contributed by atoms with Crippen molar-refractivity contribution in [1.82, 2.24) is 15.0 Å². The molecule has 8 nitrogen and oxygen atoms in total. The van der Waals surface area contributed by atoms with Crippen molar-refractivity contribution in [2.75, 3.05) is 29.0 Å². The first-order valence-corrected chi connectivity index (χ1v) is 7.45. The monoisotopic (exact) mass is 322 g/mol. The van der Waals surface area contributed by atoms with Crippen LogP contribution in [0.5, 0.6) is 0 Å². The van der Waals surface area contributed by atoms with Gasteiger partial charge < -0.3 is 16.0 Å². The first-order valence-electron chi connectivity index (χ1n) is 7.45. The van der Waals surface area contributed by atoms with Crippen LogP contribution in [0.15, 0.2) is 24.5 Å². The Kier molecular flexibility index (Phi) is 5.87. The summed E-state index contributed by atoms with van der Waals surface area (Å²) in [5, 5.41) is 20.7. The second-order valence-corrected chi connectivity index (χ2v) is 5.05. The number of aryl methyl sites for hydroxylation is 1. The molecule has 0 saturated heterocycles. The van der Waals surface area contributed by atoms with E-state index in [1.807, 2.05) is 30.0 Å². The Morgan fingerprint density at radius 3 is 2.50 bits per heavy atom. The van der Waals surface area contributed by atoms with E-state index in [0.29, 0.717) is 49.1 Å². The molecule has 2 rings (SSSR count). The Hall–Kier alpha value is -3.39. The SMILES string of the molecule is Cc1cccc(Nc2ncnc(N(CCC#N)CCC#N)c2N)n1. The molecule has 0 bridgehead atoms. The van der Waals surface area contributed by atoms with Crippen molar-refractivity contribution in [1.29, 1.82) is 10.5 Å². The van der Waals surface area contributed by atoms with Crippen LogP contribution in [0.3, 0.4) is 0 Å². The van der Waals surface area contributed by atoms with Gasteiger partial charge in [-0.2, -0.15) is 10.5 Å². The van der Waals surface area contributed by atoms with Gasteiger partial charge in [-0.15, -0.1) is 0 Å². The molecule has 2 aromatic rings. The number of nitrogens with zero attached hydrogens (tertiary/aromatic N) is 6. The van der Waals surface area contributed by atoms with Crippen LogP contribution < -0.4 is 16.0 Å². The third-order valence-electron chi connectivity index (χ3n) is 3.28. The Balaban J connectivity index is 2.27. The van der Waals surface area contributed by atoms with Gasteiger partial charge in [-0.25, -0.2) is 15.0 Å². The average molecular weight is 322 g/mol. The molecule has 122 valence electrons. The van der Waals surface area contributed by atoms with Gasteiger partial charge in [0.2, 0.25) is 0 Å². The molecular formula is C16H18N8. The van der Waals surface area contributed by atoms with Crippen LogP contribution in [0.25, 0.3) is 0 Å². The van der Waals surface area contributed by atoms with Gasteiger partial charge in [0.05, 0.1) is 25.0 Å². The number of pyridine rings is 1. The summed E-state index contributed by atoms with van der Waals surface area (Å²) in [4.78, 5) is 14.6. The minimum absolute atomic E-state index is 0.317. The summed E-state index contributed by atoms with van der Waals surface area (Å²) in [6, 6.07) is 9.78. The van der Waals surface area contributed by atoms with Crippen LogP contribution in [0.4, 0.5) is 23.1 Å². The summed E-state index contributed by atoms with van der Waals surface area (Å²) in [5.41, 5.74) is 7.42. The van der Waals surface area contributed by atoms with Crippen LogP contribution in [0.2, 0.25) is 0 Å². The molecule has 2 aromatic heterocycles. The van der Waals surface area contributed by atoms with E-state index in [1.165, 1.54) is 6.33 Å². The molecule has 0 aliphatic rings. The molecule has 0 atom stereocenters. The first kappa shape index (κ1) is 17.0. The highest BCUT2D eigenvalue weighted by Gasteiger charge is 2.15. The van der Waals surface area contributed by atoms with Gasteiger partial charge in [-0.3, -0.25) is 0 Å². The minimum Gasteiger partial charge on any atom is -0.393 e. The Labute approximate surface area is 140 Å². The fraction of sp³-hybridized carbons (Fsp3) is 0.312. The summed E-state index contributed by atoms with van der Waals surface area (Å²) >= 11 is 0. The summed E-state index contributed by atoms with van der Waals surface area (Å²) in [7, 11) is 0. The van der Waals surface area contributed by atoms with Crippen LogP contribution in [0, 0.1) is 29.6 Å². The van der Waals surface area contributed by atoms with Gasteiger partial charge in [0.25, 0.3) is 0 Å². The zero-order valence-electron chi connectivity index (χ0n) is 13.4. The predicted molar refractivity (Wildman–Crippen MR) is 91.4 cm³/mol. The number of nitriles is 2. The lowest BCUT2D eigenvalue weighted by Gasteiger charge is -2.23. The van der Waals surface area contributed by atoms with E-state index in [9.17, 15) is 0 Å². The molecule has 0 unspecified atom stereocenters. The second-order valence-electron chi connectivity index (χ2n) is 5.05. The molecule has 24 heavy (non-hydrogen) atoms. The number of aromatic nitrogens is 3. The maximum Gasteiger partial charge on any atom is 0.160 e. The average Bonchev–Trinajstić information content (AvgIpc) is 2.57. The lowest BCUT2D eigenvalue weighted by Crippen LogP contribution is -2.27. The number of hydrogen-bond acceptors (Lipinski definition) is 8. The molecule has 3 N–H and O–H groups in total. The molecular weight excluding hydrogens is 304 g/mol. The highest BCUT2D eigenvalue weighted by Crippen LogP contribution is 2.28. The van der Waals surface area contributed by atoms with Crippen LogP contribution in [-0.4, -0.2) is 28.0 Å². The molecule has 0 saturated carbocycles. The molecule has 8 heteroatoms. The lowest BCUT2D eigenvalue weighted by molar-refractivity contribution is 0.782. The van der Waals surface area contributed by atoms with Gasteiger partial charge in [-0.05, 0) is 19.1 Å². The quantitative estimate of drug-likeness (QED) is 0.793.